The molecule has 14 heavy (non-hydrogen) atoms. The molecule has 0 saturated heterocycles. The minimum atomic E-state index is 0.0627. The summed E-state index contributed by atoms with van der Waals surface area (Å²) in [6.45, 7) is 4.30. The van der Waals surface area contributed by atoms with Crippen molar-refractivity contribution in [2.24, 2.45) is 0 Å². The van der Waals surface area contributed by atoms with E-state index in [1.54, 1.807) is 19.1 Å². The van der Waals surface area contributed by atoms with Gasteiger partial charge in [-0.05, 0) is 47.5 Å². The first-order valence-electron chi connectivity index (χ1n) is 4.58. The highest BCUT2D eigenvalue weighted by Gasteiger charge is 2.04. The molecule has 0 aliphatic carbocycles. The fourth-order valence-electron chi connectivity index (χ4n) is 1.05. The van der Waals surface area contributed by atoms with E-state index in [-0.39, 0.29) is 5.78 Å². The smallest absolute Gasteiger partial charge is 0.159 e. The van der Waals surface area contributed by atoms with Crippen LogP contribution in [0.15, 0.2) is 22.7 Å². The third-order valence-corrected chi connectivity index (χ3v) is 2.42. The number of Topliss-reactive ketones (excluding diaryl/α,β-unsaturated/α-hetero) is 1. The second kappa shape index (κ2) is 5.15. The molecule has 76 valence electrons. The number of ketones is 1. The fraction of sp³-hybridized carbons (Fsp3) is 0.364. The van der Waals surface area contributed by atoms with Gasteiger partial charge in [-0.2, -0.15) is 0 Å². The number of hydrogen-bond donors (Lipinski definition) is 0. The molecule has 0 saturated carbocycles. The molecule has 0 aliphatic heterocycles. The Morgan fingerprint density at radius 3 is 2.71 bits per heavy atom. The predicted octanol–water partition coefficient (Wildman–Crippen LogP) is 3.44. The second-order valence-electron chi connectivity index (χ2n) is 3.05. The van der Waals surface area contributed by atoms with Crippen LogP contribution in [0.3, 0.4) is 0 Å². The molecular formula is C11H13BrO2. The Kier molecular flexibility index (Phi) is 4.14. The molecule has 0 N–H and O–H groups in total. The minimum absolute atomic E-state index is 0.0627. The van der Waals surface area contributed by atoms with Gasteiger partial charge < -0.3 is 4.74 Å². The molecular weight excluding hydrogens is 244 g/mol. The molecule has 0 unspecified atom stereocenters. The molecule has 0 spiro atoms. The molecule has 0 atom stereocenters. The highest BCUT2D eigenvalue weighted by Crippen LogP contribution is 2.26. The van der Waals surface area contributed by atoms with Crippen LogP contribution in [0.5, 0.6) is 5.75 Å². The summed E-state index contributed by atoms with van der Waals surface area (Å²) in [6, 6.07) is 5.38. The van der Waals surface area contributed by atoms with Crippen LogP contribution >= 0.6 is 15.9 Å². The predicted molar refractivity (Wildman–Crippen MR) is 59.9 cm³/mol. The van der Waals surface area contributed by atoms with Crippen LogP contribution in [0.4, 0.5) is 0 Å². The summed E-state index contributed by atoms with van der Waals surface area (Å²) in [5.74, 6) is 0.851. The molecule has 0 aromatic heterocycles. The lowest BCUT2D eigenvalue weighted by atomic mass is 10.1. The number of carbonyl (C=O) groups is 1. The number of carbonyl (C=O) groups excluding carboxylic acids is 1. The maximum atomic E-state index is 11.1. The van der Waals surface area contributed by atoms with Crippen molar-refractivity contribution < 1.29 is 9.53 Å². The summed E-state index contributed by atoms with van der Waals surface area (Å²) in [4.78, 5) is 11.1. The Hall–Kier alpha value is -0.830. The van der Waals surface area contributed by atoms with Crippen LogP contribution in [0.1, 0.15) is 30.6 Å². The first kappa shape index (κ1) is 11.2. The van der Waals surface area contributed by atoms with Crippen molar-refractivity contribution in [1.29, 1.82) is 0 Å². The lowest BCUT2D eigenvalue weighted by Crippen LogP contribution is -1.97. The van der Waals surface area contributed by atoms with Crippen LogP contribution in [-0.4, -0.2) is 12.4 Å². The van der Waals surface area contributed by atoms with E-state index in [2.05, 4.69) is 22.9 Å². The number of benzene rings is 1. The van der Waals surface area contributed by atoms with E-state index < -0.39 is 0 Å². The lowest BCUT2D eigenvalue weighted by molar-refractivity contribution is 0.101. The molecule has 1 rings (SSSR count). The van der Waals surface area contributed by atoms with Gasteiger partial charge in [0.25, 0.3) is 0 Å². The zero-order chi connectivity index (χ0) is 10.6. The van der Waals surface area contributed by atoms with Crippen molar-refractivity contribution >= 4 is 21.7 Å². The summed E-state index contributed by atoms with van der Waals surface area (Å²) < 4.78 is 6.29. The van der Waals surface area contributed by atoms with E-state index in [1.165, 1.54) is 0 Å². The topological polar surface area (TPSA) is 26.3 Å². The van der Waals surface area contributed by atoms with Gasteiger partial charge in [0.1, 0.15) is 5.75 Å². The maximum Gasteiger partial charge on any atom is 0.159 e. The van der Waals surface area contributed by atoms with Gasteiger partial charge in [-0.25, -0.2) is 0 Å². The highest BCUT2D eigenvalue weighted by atomic mass is 79.9. The van der Waals surface area contributed by atoms with E-state index >= 15 is 0 Å². The Morgan fingerprint density at radius 1 is 1.50 bits per heavy atom. The number of rotatable bonds is 4. The number of hydrogen-bond acceptors (Lipinski definition) is 2. The molecule has 0 fully saturated rings. The Bertz CT molecular complexity index is 334. The zero-order valence-corrected chi connectivity index (χ0v) is 9.93. The molecule has 0 heterocycles. The largest absolute Gasteiger partial charge is 0.492 e. The first-order valence-corrected chi connectivity index (χ1v) is 5.37. The summed E-state index contributed by atoms with van der Waals surface area (Å²) >= 11 is 3.37. The summed E-state index contributed by atoms with van der Waals surface area (Å²) in [7, 11) is 0. The van der Waals surface area contributed by atoms with E-state index in [1.807, 2.05) is 6.07 Å². The monoisotopic (exact) mass is 256 g/mol. The van der Waals surface area contributed by atoms with Gasteiger partial charge >= 0.3 is 0 Å². The average Bonchev–Trinajstić information content (AvgIpc) is 2.15. The second-order valence-corrected chi connectivity index (χ2v) is 3.90. The molecule has 1 aromatic rings. The quantitative estimate of drug-likeness (QED) is 0.772. The molecule has 0 radical (unpaired) electrons. The Labute approximate surface area is 92.4 Å². The average molecular weight is 257 g/mol. The van der Waals surface area contributed by atoms with Gasteiger partial charge in [0, 0.05) is 5.56 Å². The summed E-state index contributed by atoms with van der Waals surface area (Å²) in [6.07, 6.45) is 0.973. The van der Waals surface area contributed by atoms with Crippen molar-refractivity contribution in [3.05, 3.63) is 28.2 Å². The minimum Gasteiger partial charge on any atom is -0.492 e. The molecule has 0 bridgehead atoms. The Balaban J connectivity index is 2.84. The number of ether oxygens (including phenoxy) is 1. The SMILES string of the molecule is CCCOc1ccc(C(C)=O)cc1Br. The fourth-order valence-corrected chi connectivity index (χ4v) is 1.54. The van der Waals surface area contributed by atoms with Crippen molar-refractivity contribution in [2.75, 3.05) is 6.61 Å². The van der Waals surface area contributed by atoms with Crippen molar-refractivity contribution in [3.8, 4) is 5.75 Å². The maximum absolute atomic E-state index is 11.1. The normalized spacial score (nSPS) is 9.93. The van der Waals surface area contributed by atoms with Crippen molar-refractivity contribution in [2.45, 2.75) is 20.3 Å². The van der Waals surface area contributed by atoms with E-state index in [4.69, 9.17) is 4.74 Å². The first-order chi connectivity index (χ1) is 6.65. The molecule has 2 nitrogen and oxygen atoms in total. The third-order valence-electron chi connectivity index (χ3n) is 1.80. The molecule has 0 aliphatic rings. The molecule has 1 aromatic carbocycles. The van der Waals surface area contributed by atoms with Crippen LogP contribution in [0.2, 0.25) is 0 Å². The molecule has 3 heteroatoms. The molecule has 0 amide bonds. The standard InChI is InChI=1S/C11H13BrO2/c1-3-6-14-11-5-4-9(8(2)13)7-10(11)12/h4-5,7H,3,6H2,1-2H3. The lowest BCUT2D eigenvalue weighted by Gasteiger charge is -2.07. The zero-order valence-electron chi connectivity index (χ0n) is 8.34. The van der Waals surface area contributed by atoms with Crippen LogP contribution in [0.25, 0.3) is 0 Å². The van der Waals surface area contributed by atoms with E-state index in [0.29, 0.717) is 12.2 Å². The van der Waals surface area contributed by atoms with Gasteiger partial charge in [0.15, 0.2) is 5.78 Å². The van der Waals surface area contributed by atoms with Gasteiger partial charge in [-0.15, -0.1) is 0 Å². The van der Waals surface area contributed by atoms with Crippen LogP contribution in [-0.2, 0) is 0 Å². The summed E-state index contributed by atoms with van der Waals surface area (Å²) in [5.41, 5.74) is 0.695. The van der Waals surface area contributed by atoms with Gasteiger partial charge in [-0.3, -0.25) is 4.79 Å². The van der Waals surface area contributed by atoms with Crippen LogP contribution < -0.4 is 4.74 Å². The van der Waals surface area contributed by atoms with Gasteiger partial charge in [-0.1, -0.05) is 6.92 Å². The van der Waals surface area contributed by atoms with Crippen molar-refractivity contribution in [1.82, 2.24) is 0 Å². The summed E-state index contributed by atoms with van der Waals surface area (Å²) in [5, 5.41) is 0. The van der Waals surface area contributed by atoms with Crippen molar-refractivity contribution in [3.63, 3.8) is 0 Å². The third kappa shape index (κ3) is 2.84. The van der Waals surface area contributed by atoms with E-state index in [9.17, 15) is 4.79 Å². The van der Waals surface area contributed by atoms with E-state index in [0.717, 1.165) is 16.6 Å². The Morgan fingerprint density at radius 2 is 2.21 bits per heavy atom. The van der Waals surface area contributed by atoms with Crippen LogP contribution in [0, 0.1) is 0 Å². The van der Waals surface area contributed by atoms with Gasteiger partial charge in [0.2, 0.25) is 0 Å². The van der Waals surface area contributed by atoms with Gasteiger partial charge in [0.05, 0.1) is 11.1 Å². The highest BCUT2D eigenvalue weighted by molar-refractivity contribution is 9.10. The number of halogens is 1.